The number of likely N-dealkylation sites (N-methyl/N-ethyl adjacent to an activating group) is 1. The zero-order chi connectivity index (χ0) is 32.1. The molecule has 2 aromatic heterocycles. The third-order valence-corrected chi connectivity index (χ3v) is 9.11. The number of nitrogens with two attached hydrogens (primary N) is 1. The van der Waals surface area contributed by atoms with Crippen molar-refractivity contribution in [1.29, 1.82) is 5.26 Å². The first-order valence-electron chi connectivity index (χ1n) is 13.6. The average Bonchev–Trinajstić information content (AvgIpc) is 3.45. The molecule has 9 nitrogen and oxygen atoms in total. The summed E-state index contributed by atoms with van der Waals surface area (Å²) in [7, 11) is 1.91. The van der Waals surface area contributed by atoms with Gasteiger partial charge in [-0.25, -0.2) is 13.8 Å². The van der Waals surface area contributed by atoms with E-state index < -0.39 is 51.7 Å². The lowest BCUT2D eigenvalue weighted by atomic mass is 9.96. The summed E-state index contributed by atoms with van der Waals surface area (Å²) in [5.74, 6) is -3.53. The quantitative estimate of drug-likeness (QED) is 0.415. The first-order valence-corrected chi connectivity index (χ1v) is 14.5. The number of hydrogen-bond acceptors (Lipinski definition) is 8. The van der Waals surface area contributed by atoms with E-state index in [-0.39, 0.29) is 42.4 Å². The maximum atomic E-state index is 16.7. The van der Waals surface area contributed by atoms with Crippen LogP contribution >= 0.6 is 11.3 Å². The number of piperazine rings is 1. The number of rotatable bonds is 5. The van der Waals surface area contributed by atoms with E-state index in [1.165, 1.54) is 17.5 Å². The van der Waals surface area contributed by atoms with Gasteiger partial charge in [0.15, 0.2) is 10.9 Å². The van der Waals surface area contributed by atoms with Gasteiger partial charge < -0.3 is 15.5 Å². The number of aromatic nitrogens is 2. The molecule has 0 spiro atoms. The predicted molar refractivity (Wildman–Crippen MR) is 156 cm³/mol. The first kappa shape index (κ1) is 31.1. The van der Waals surface area contributed by atoms with E-state index in [1.54, 1.807) is 11.0 Å². The molecule has 0 aliphatic carbocycles. The van der Waals surface area contributed by atoms with Gasteiger partial charge in [-0.2, -0.15) is 18.4 Å². The highest BCUT2D eigenvalue weighted by Crippen LogP contribution is 2.39. The van der Waals surface area contributed by atoms with E-state index in [1.807, 2.05) is 31.9 Å². The Hall–Kier alpha value is -4.29. The van der Waals surface area contributed by atoms with Crippen molar-refractivity contribution in [2.75, 3.05) is 43.0 Å². The molecule has 232 valence electrons. The first-order chi connectivity index (χ1) is 20.7. The largest absolute Gasteiger partial charge is 0.417 e. The molecule has 15 heteroatoms. The second-order valence-electron chi connectivity index (χ2n) is 10.9. The molecule has 0 bridgehead atoms. The fraction of sp³-hybridized carbons (Fsp3) is 0.379. The zero-order valence-electron chi connectivity index (χ0n) is 24.0. The molecule has 1 saturated heterocycles. The number of pyridine rings is 1. The number of primary amides is 1. The molecular weight excluding hydrogens is 605 g/mol. The van der Waals surface area contributed by atoms with Gasteiger partial charge in [0.2, 0.25) is 0 Å². The molecule has 1 fully saturated rings. The number of amides is 1. The lowest BCUT2D eigenvalue weighted by Crippen LogP contribution is -2.55. The molecule has 0 saturated carbocycles. The smallest absolute Gasteiger partial charge is 0.367 e. The minimum absolute atomic E-state index is 0.0438. The molecule has 1 aromatic carbocycles. The van der Waals surface area contributed by atoms with Crippen molar-refractivity contribution < 1.29 is 26.7 Å². The summed E-state index contributed by atoms with van der Waals surface area (Å²) in [6.45, 7) is 4.99. The van der Waals surface area contributed by atoms with Gasteiger partial charge in [0.25, 0.3) is 11.5 Å². The van der Waals surface area contributed by atoms with Crippen LogP contribution in [0.15, 0.2) is 35.4 Å². The summed E-state index contributed by atoms with van der Waals surface area (Å²) in [5, 5.41) is 9.67. The standard InChI is InChI=1S/C29H28F5N7O2S/c1-15-12-40(13-16(2)38(15)3)22-9-21(30)24(17-4-6-39(7-5-17)28-37-11-18(10-35)44-28)25(31)26(22)41-14-19(27(36)43)20(8-23(41)42)29(32,33)34/h4,8-9,11,14-16H,5-7,12-13H2,1-3H3,(H2,36,43)/t15-,16+. The molecule has 3 aromatic rings. The number of anilines is 2. The molecule has 44 heavy (non-hydrogen) atoms. The van der Waals surface area contributed by atoms with Crippen molar-refractivity contribution in [3.63, 3.8) is 0 Å². The number of nitriles is 1. The van der Waals surface area contributed by atoms with E-state index in [0.29, 0.717) is 40.4 Å². The monoisotopic (exact) mass is 633 g/mol. The maximum absolute atomic E-state index is 16.7. The van der Waals surface area contributed by atoms with Crippen LogP contribution in [0.4, 0.5) is 32.8 Å². The van der Waals surface area contributed by atoms with Crippen molar-refractivity contribution >= 4 is 33.6 Å². The number of halogens is 5. The maximum Gasteiger partial charge on any atom is 0.417 e. The van der Waals surface area contributed by atoms with Crippen LogP contribution < -0.4 is 21.1 Å². The van der Waals surface area contributed by atoms with Crippen LogP contribution in [0.2, 0.25) is 0 Å². The minimum atomic E-state index is -5.08. The highest BCUT2D eigenvalue weighted by molar-refractivity contribution is 7.16. The summed E-state index contributed by atoms with van der Waals surface area (Å²) < 4.78 is 74.4. The van der Waals surface area contributed by atoms with E-state index in [2.05, 4.69) is 9.88 Å². The van der Waals surface area contributed by atoms with E-state index in [0.717, 1.165) is 6.07 Å². The second kappa shape index (κ2) is 11.7. The Morgan fingerprint density at radius 2 is 1.84 bits per heavy atom. The third kappa shape index (κ3) is 5.67. The lowest BCUT2D eigenvalue weighted by molar-refractivity contribution is -0.138. The van der Waals surface area contributed by atoms with Crippen molar-refractivity contribution in [3.8, 4) is 11.8 Å². The van der Waals surface area contributed by atoms with Crippen LogP contribution in [0.25, 0.3) is 11.3 Å². The van der Waals surface area contributed by atoms with Crippen LogP contribution in [0.5, 0.6) is 0 Å². The van der Waals surface area contributed by atoms with Crippen molar-refractivity contribution in [2.45, 2.75) is 38.5 Å². The summed E-state index contributed by atoms with van der Waals surface area (Å²) in [6, 6.07) is 3.16. The highest BCUT2D eigenvalue weighted by Gasteiger charge is 2.37. The van der Waals surface area contributed by atoms with Gasteiger partial charge in [0, 0.05) is 56.6 Å². The predicted octanol–water partition coefficient (Wildman–Crippen LogP) is 4.38. The summed E-state index contributed by atoms with van der Waals surface area (Å²) in [6.07, 6.45) is -1.29. The van der Waals surface area contributed by atoms with E-state index in [4.69, 9.17) is 11.0 Å². The molecule has 4 heterocycles. The molecule has 2 N–H and O–H groups in total. The van der Waals surface area contributed by atoms with Crippen molar-refractivity contribution in [2.24, 2.45) is 5.73 Å². The Morgan fingerprint density at radius 3 is 2.39 bits per heavy atom. The fourth-order valence-corrected chi connectivity index (χ4v) is 6.38. The lowest BCUT2D eigenvalue weighted by Gasteiger charge is -2.44. The van der Waals surface area contributed by atoms with Gasteiger partial charge >= 0.3 is 6.18 Å². The van der Waals surface area contributed by atoms with Crippen LogP contribution in [0.3, 0.4) is 0 Å². The number of hydrogen-bond donors (Lipinski definition) is 1. The Kier molecular flexibility index (Phi) is 8.25. The Balaban J connectivity index is 1.69. The number of thiazole rings is 1. The van der Waals surface area contributed by atoms with Crippen molar-refractivity contribution in [3.05, 3.63) is 74.2 Å². The van der Waals surface area contributed by atoms with Gasteiger partial charge in [-0.05, 0) is 32.9 Å². The second-order valence-corrected chi connectivity index (χ2v) is 11.9. The van der Waals surface area contributed by atoms with Crippen molar-refractivity contribution in [1.82, 2.24) is 14.5 Å². The van der Waals surface area contributed by atoms with Gasteiger partial charge in [-0.15, -0.1) is 0 Å². The van der Waals surface area contributed by atoms with Gasteiger partial charge in [-0.3, -0.25) is 19.1 Å². The number of benzene rings is 1. The molecule has 1 amide bonds. The summed E-state index contributed by atoms with van der Waals surface area (Å²) in [5.41, 5.74) is 0.758. The van der Waals surface area contributed by atoms with Gasteiger partial charge in [0.05, 0.1) is 28.6 Å². The van der Waals surface area contributed by atoms with E-state index >= 15 is 8.78 Å². The Morgan fingerprint density at radius 1 is 1.16 bits per heavy atom. The number of carbonyl (C=O) groups is 1. The Labute approximate surface area is 253 Å². The molecular formula is C29H28F5N7O2S. The van der Waals surface area contributed by atoms with Crippen LogP contribution in [-0.4, -0.2) is 65.7 Å². The fourth-order valence-electron chi connectivity index (χ4n) is 5.63. The summed E-state index contributed by atoms with van der Waals surface area (Å²) >= 11 is 1.18. The normalized spacial score (nSPS) is 19.6. The zero-order valence-corrected chi connectivity index (χ0v) is 24.8. The SMILES string of the molecule is C[C@@H]1CN(c2cc(F)c(C3=CCN(c4ncc(C#N)s4)CC3)c(F)c2-n2cc(C(N)=O)c(C(F)(F)F)cc2=O)C[C@H](C)N1C. The number of alkyl halides is 3. The topological polar surface area (TPSA) is 111 Å². The molecule has 0 unspecified atom stereocenters. The minimum Gasteiger partial charge on any atom is -0.367 e. The van der Waals surface area contributed by atoms with Crippen LogP contribution in [-0.2, 0) is 6.18 Å². The molecule has 2 aliphatic rings. The number of nitrogens with zero attached hydrogens (tertiary/aromatic N) is 6. The summed E-state index contributed by atoms with van der Waals surface area (Å²) in [4.78, 5) is 35.5. The van der Waals surface area contributed by atoms with E-state index in [9.17, 15) is 22.8 Å². The number of carbonyl (C=O) groups excluding carboxylic acids is 1. The van der Waals surface area contributed by atoms with Gasteiger partial charge in [0.1, 0.15) is 22.5 Å². The third-order valence-electron chi connectivity index (χ3n) is 8.14. The average molecular weight is 634 g/mol. The molecule has 5 rings (SSSR count). The Bertz CT molecular complexity index is 1750. The molecule has 0 radical (unpaired) electrons. The van der Waals surface area contributed by atoms with Crippen LogP contribution in [0, 0.1) is 23.0 Å². The van der Waals surface area contributed by atoms with Crippen LogP contribution in [0.1, 0.15) is 46.6 Å². The molecule has 2 aliphatic heterocycles. The van der Waals surface area contributed by atoms with Gasteiger partial charge in [-0.1, -0.05) is 17.4 Å². The highest BCUT2D eigenvalue weighted by atomic mass is 32.1. The molecule has 2 atom stereocenters.